The average molecular weight is 452 g/mol. The molecule has 10 heteroatoms. The van der Waals surface area contributed by atoms with Crippen LogP contribution in [0.1, 0.15) is 17.5 Å². The lowest BCUT2D eigenvalue weighted by molar-refractivity contribution is -0.125. The molecule has 0 bridgehead atoms. The van der Waals surface area contributed by atoms with Crippen LogP contribution in [-0.4, -0.2) is 33.7 Å². The molecule has 0 saturated carbocycles. The first-order chi connectivity index (χ1) is 15.0. The summed E-state index contributed by atoms with van der Waals surface area (Å²) in [5.74, 6) is 0.596. The first-order valence-electron chi connectivity index (χ1n) is 9.45. The van der Waals surface area contributed by atoms with Gasteiger partial charge >= 0.3 is 0 Å². The highest BCUT2D eigenvalue weighted by atomic mass is 35.5. The maximum atomic E-state index is 13.2. The molecule has 2 aromatic carbocycles. The van der Waals surface area contributed by atoms with E-state index in [0.29, 0.717) is 32.8 Å². The van der Waals surface area contributed by atoms with Crippen molar-refractivity contribution in [3.8, 4) is 10.9 Å². The van der Waals surface area contributed by atoms with E-state index in [1.807, 2.05) is 24.3 Å². The van der Waals surface area contributed by atoms with Gasteiger partial charge in [-0.1, -0.05) is 35.1 Å². The summed E-state index contributed by atoms with van der Waals surface area (Å²) in [5, 5.41) is 11.2. The zero-order chi connectivity index (χ0) is 21.3. The van der Waals surface area contributed by atoms with Crippen molar-refractivity contribution in [3.63, 3.8) is 0 Å². The van der Waals surface area contributed by atoms with Crippen LogP contribution in [0.25, 0.3) is 15.3 Å². The number of para-hydroxylation sites is 1. The molecule has 2 amide bonds. The second-order valence-electron chi connectivity index (χ2n) is 7.40. The van der Waals surface area contributed by atoms with Gasteiger partial charge in [0, 0.05) is 12.0 Å². The first-order valence-corrected chi connectivity index (χ1v) is 10.6. The number of rotatable bonds is 2. The van der Waals surface area contributed by atoms with E-state index < -0.39 is 5.41 Å². The summed E-state index contributed by atoms with van der Waals surface area (Å²) in [5.41, 5.74) is 1.43. The number of anilines is 2. The predicted molar refractivity (Wildman–Crippen MR) is 117 cm³/mol. The number of carbonyl (C=O) groups excluding carboxylic acids is 2. The minimum atomic E-state index is -1.18. The monoisotopic (exact) mass is 451 g/mol. The molecule has 0 aliphatic carbocycles. The highest BCUT2D eigenvalue weighted by Crippen LogP contribution is 2.51. The molecule has 2 N–H and O–H groups in total. The lowest BCUT2D eigenvalue weighted by atomic mass is 9.72. The van der Waals surface area contributed by atoms with Crippen molar-refractivity contribution < 1.29 is 14.3 Å². The predicted octanol–water partition coefficient (Wildman–Crippen LogP) is 3.72. The first kappa shape index (κ1) is 18.3. The van der Waals surface area contributed by atoms with Gasteiger partial charge in [0.2, 0.25) is 16.9 Å². The largest absolute Gasteiger partial charge is 0.497 e. The highest BCUT2D eigenvalue weighted by molar-refractivity contribution is 7.20. The van der Waals surface area contributed by atoms with Crippen molar-refractivity contribution in [3.05, 3.63) is 58.7 Å². The van der Waals surface area contributed by atoms with E-state index in [1.54, 1.807) is 30.1 Å². The molecule has 1 spiro atoms. The Morgan fingerprint density at radius 2 is 2.06 bits per heavy atom. The van der Waals surface area contributed by atoms with Crippen LogP contribution >= 0.6 is 22.9 Å². The quantitative estimate of drug-likeness (QED) is 0.484. The Kier molecular flexibility index (Phi) is 3.72. The summed E-state index contributed by atoms with van der Waals surface area (Å²) >= 11 is 7.73. The van der Waals surface area contributed by atoms with Gasteiger partial charge in [0.05, 0.1) is 34.2 Å². The average Bonchev–Trinajstić information content (AvgIpc) is 3.43. The zero-order valence-electron chi connectivity index (χ0n) is 16.1. The van der Waals surface area contributed by atoms with Gasteiger partial charge in [-0.25, -0.2) is 4.98 Å². The van der Waals surface area contributed by atoms with E-state index in [0.717, 1.165) is 16.0 Å². The molecule has 2 aliphatic rings. The van der Waals surface area contributed by atoms with Gasteiger partial charge in [-0.2, -0.15) is 9.78 Å². The van der Waals surface area contributed by atoms with Gasteiger partial charge in [-0.3, -0.25) is 9.59 Å². The molecule has 0 radical (unpaired) electrons. The molecular formula is C21H14ClN5O3S. The molecule has 0 saturated heterocycles. The van der Waals surface area contributed by atoms with E-state index in [4.69, 9.17) is 16.3 Å². The van der Waals surface area contributed by atoms with Crippen LogP contribution in [0.3, 0.4) is 0 Å². The minimum Gasteiger partial charge on any atom is -0.497 e. The third-order valence-electron chi connectivity index (χ3n) is 5.78. The molecule has 1 atom stereocenters. The lowest BCUT2D eigenvalue weighted by Gasteiger charge is -2.31. The fourth-order valence-corrected chi connectivity index (χ4v) is 5.52. The Morgan fingerprint density at radius 3 is 2.90 bits per heavy atom. The second kappa shape index (κ2) is 6.29. The number of nitrogens with zero attached hydrogens (tertiary/aromatic N) is 3. The second-order valence-corrected chi connectivity index (χ2v) is 8.81. The molecule has 6 rings (SSSR count). The SMILES string of the molecule is COc1ccc2nc(-n3ncc4c3NC(=O)C[C@]43C(=O)Nc4c(Cl)cccc43)sc2c1. The molecule has 31 heavy (non-hydrogen) atoms. The smallest absolute Gasteiger partial charge is 0.240 e. The number of amides is 2. The van der Waals surface area contributed by atoms with E-state index in [9.17, 15) is 9.59 Å². The number of nitrogens with one attached hydrogen (secondary N) is 2. The van der Waals surface area contributed by atoms with Crippen molar-refractivity contribution in [2.24, 2.45) is 0 Å². The Morgan fingerprint density at radius 1 is 1.19 bits per heavy atom. The number of methoxy groups -OCH3 is 1. The molecule has 0 fully saturated rings. The Labute approximate surface area is 184 Å². The van der Waals surface area contributed by atoms with Crippen LogP contribution in [0.2, 0.25) is 5.02 Å². The van der Waals surface area contributed by atoms with Crippen LogP contribution in [0.5, 0.6) is 5.75 Å². The molecule has 8 nitrogen and oxygen atoms in total. The molecule has 4 heterocycles. The standard InChI is InChI=1S/C21H14ClN5O3S/c1-30-10-5-6-14-15(7-10)31-20(24-14)27-18-12(9-23-27)21(8-16(28)25-18)11-3-2-4-13(22)17(11)26-19(21)29/h2-7,9H,8H2,1H3,(H,25,28)(H,26,29)/t21-/m1/s1. The van der Waals surface area contributed by atoms with Gasteiger partial charge in [0.25, 0.3) is 0 Å². The molecule has 154 valence electrons. The summed E-state index contributed by atoms with van der Waals surface area (Å²) in [7, 11) is 1.61. The number of fused-ring (bicyclic) bond motifs is 5. The fraction of sp³-hybridized carbons (Fsp3) is 0.143. The number of ether oxygens (including phenoxy) is 1. The summed E-state index contributed by atoms with van der Waals surface area (Å²) in [6.07, 6.45) is 1.60. The Bertz CT molecular complexity index is 1430. The van der Waals surface area contributed by atoms with Crippen LogP contribution in [-0.2, 0) is 15.0 Å². The van der Waals surface area contributed by atoms with Crippen LogP contribution < -0.4 is 15.4 Å². The summed E-state index contributed by atoms with van der Waals surface area (Å²) in [6, 6.07) is 10.9. The zero-order valence-corrected chi connectivity index (χ0v) is 17.7. The van der Waals surface area contributed by atoms with Crippen LogP contribution in [0, 0.1) is 0 Å². The minimum absolute atomic E-state index is 0.0259. The van der Waals surface area contributed by atoms with E-state index in [-0.39, 0.29) is 18.2 Å². The molecule has 0 unspecified atom stereocenters. The maximum absolute atomic E-state index is 13.2. The van der Waals surface area contributed by atoms with Gasteiger partial charge in [-0.05, 0) is 29.8 Å². The summed E-state index contributed by atoms with van der Waals surface area (Å²) < 4.78 is 7.78. The van der Waals surface area contributed by atoms with Crippen molar-refractivity contribution in [1.82, 2.24) is 14.8 Å². The van der Waals surface area contributed by atoms with Gasteiger partial charge in [0.1, 0.15) is 17.0 Å². The number of carbonyl (C=O) groups is 2. The molecule has 2 aliphatic heterocycles. The van der Waals surface area contributed by atoms with E-state index in [1.165, 1.54) is 11.3 Å². The van der Waals surface area contributed by atoms with Crippen molar-refractivity contribution >= 4 is 56.5 Å². The summed E-state index contributed by atoms with van der Waals surface area (Å²) in [4.78, 5) is 30.6. The molecule has 2 aromatic heterocycles. The van der Waals surface area contributed by atoms with Gasteiger partial charge in [-0.15, -0.1) is 0 Å². The number of hydrogen-bond donors (Lipinski definition) is 2. The lowest BCUT2D eigenvalue weighted by Crippen LogP contribution is -2.43. The number of halogens is 1. The Hall–Kier alpha value is -3.43. The highest BCUT2D eigenvalue weighted by Gasteiger charge is 2.54. The van der Waals surface area contributed by atoms with Crippen molar-refractivity contribution in [1.29, 1.82) is 0 Å². The number of aromatic nitrogens is 3. The van der Waals surface area contributed by atoms with Crippen molar-refractivity contribution in [2.45, 2.75) is 11.8 Å². The van der Waals surface area contributed by atoms with E-state index in [2.05, 4.69) is 20.7 Å². The number of hydrogen-bond acceptors (Lipinski definition) is 6. The normalized spacial score (nSPS) is 19.3. The van der Waals surface area contributed by atoms with Crippen molar-refractivity contribution in [2.75, 3.05) is 17.7 Å². The summed E-state index contributed by atoms with van der Waals surface area (Å²) in [6.45, 7) is 0. The third kappa shape index (κ3) is 2.41. The van der Waals surface area contributed by atoms with E-state index >= 15 is 0 Å². The number of thiazole rings is 1. The molecule has 4 aromatic rings. The van der Waals surface area contributed by atoms with Gasteiger partial charge < -0.3 is 15.4 Å². The van der Waals surface area contributed by atoms with Gasteiger partial charge in [0.15, 0.2) is 0 Å². The topological polar surface area (TPSA) is 98.1 Å². The maximum Gasteiger partial charge on any atom is 0.240 e. The Balaban J connectivity index is 1.56. The van der Waals surface area contributed by atoms with Crippen LogP contribution in [0.4, 0.5) is 11.5 Å². The fourth-order valence-electron chi connectivity index (χ4n) is 4.34. The number of benzene rings is 2. The van der Waals surface area contributed by atoms with Crippen LogP contribution in [0.15, 0.2) is 42.6 Å². The molecular weight excluding hydrogens is 438 g/mol. The third-order valence-corrected chi connectivity index (χ3v) is 7.09.